The molecule has 5 nitrogen and oxygen atoms in total. The van der Waals surface area contributed by atoms with Gasteiger partial charge in [0.05, 0.1) is 11.7 Å². The number of nitrogens with zero attached hydrogens (tertiary/aromatic N) is 3. The van der Waals surface area contributed by atoms with Crippen molar-refractivity contribution in [3.8, 4) is 0 Å². The van der Waals surface area contributed by atoms with E-state index in [0.717, 1.165) is 43.6 Å². The number of rotatable bonds is 5. The fourth-order valence-electron chi connectivity index (χ4n) is 3.75. The van der Waals surface area contributed by atoms with Gasteiger partial charge in [0, 0.05) is 30.7 Å². The molecular weight excluding hydrogens is 331 g/mol. The molecule has 1 aliphatic heterocycles. The number of carbonyl (C=O) groups is 1. The average Bonchev–Trinajstić information content (AvgIpc) is 3.26. The molecule has 2 aliphatic rings. The van der Waals surface area contributed by atoms with E-state index in [9.17, 15) is 9.18 Å². The summed E-state index contributed by atoms with van der Waals surface area (Å²) < 4.78 is 15.2. The molecule has 2 fully saturated rings. The monoisotopic (exact) mass is 356 g/mol. The Labute approximate surface area is 153 Å². The molecule has 1 atom stereocenters. The second kappa shape index (κ2) is 6.41. The maximum absolute atomic E-state index is 13.1. The first-order chi connectivity index (χ1) is 12.5. The number of nitrogens with one attached hydrogen (secondary N) is 1. The van der Waals surface area contributed by atoms with Gasteiger partial charge in [0.1, 0.15) is 5.82 Å². The van der Waals surface area contributed by atoms with Crippen LogP contribution in [0.25, 0.3) is 0 Å². The van der Waals surface area contributed by atoms with Gasteiger partial charge in [-0.2, -0.15) is 5.10 Å². The average molecular weight is 356 g/mol. The summed E-state index contributed by atoms with van der Waals surface area (Å²) in [5.74, 6) is -0.246. The van der Waals surface area contributed by atoms with E-state index in [4.69, 9.17) is 0 Å². The van der Waals surface area contributed by atoms with Gasteiger partial charge in [-0.1, -0.05) is 12.1 Å². The minimum Gasteiger partial charge on any atom is -0.337 e. The van der Waals surface area contributed by atoms with E-state index in [-0.39, 0.29) is 23.3 Å². The number of aryl methyl sites for hydroxylation is 2. The van der Waals surface area contributed by atoms with Crippen LogP contribution in [0.1, 0.15) is 42.3 Å². The number of amides is 2. The lowest BCUT2D eigenvalue weighted by atomic mass is 9.95. The van der Waals surface area contributed by atoms with Crippen molar-refractivity contribution in [1.29, 1.82) is 0 Å². The summed E-state index contributed by atoms with van der Waals surface area (Å²) in [5.41, 5.74) is 3.33. The van der Waals surface area contributed by atoms with Gasteiger partial charge in [0.25, 0.3) is 0 Å². The molecule has 2 aromatic rings. The van der Waals surface area contributed by atoms with E-state index in [2.05, 4.69) is 28.1 Å². The van der Waals surface area contributed by atoms with Gasteiger partial charge in [0.15, 0.2) is 0 Å². The number of urea groups is 1. The number of hydrogen-bond acceptors (Lipinski definition) is 2. The Morgan fingerprint density at radius 2 is 2.04 bits per heavy atom. The van der Waals surface area contributed by atoms with Gasteiger partial charge < -0.3 is 10.2 Å². The first-order valence-corrected chi connectivity index (χ1v) is 9.27. The quantitative estimate of drug-likeness (QED) is 0.890. The number of aromatic nitrogens is 2. The SMILES string of the molecule is Cc1cc(C)n(CC2(CNC(=O)N3CC[C@@H]3c3ccc(F)cc3)CC2)n1. The van der Waals surface area contributed by atoms with E-state index < -0.39 is 0 Å². The third-order valence-corrected chi connectivity index (χ3v) is 5.70. The summed E-state index contributed by atoms with van der Waals surface area (Å²) in [6.07, 6.45) is 3.16. The molecule has 1 saturated heterocycles. The topological polar surface area (TPSA) is 50.2 Å². The predicted molar refractivity (Wildman–Crippen MR) is 97.2 cm³/mol. The van der Waals surface area contributed by atoms with Gasteiger partial charge in [-0.05, 0) is 56.9 Å². The zero-order chi connectivity index (χ0) is 18.3. The lowest BCUT2D eigenvalue weighted by Gasteiger charge is -2.41. The van der Waals surface area contributed by atoms with Crippen molar-refractivity contribution >= 4 is 6.03 Å². The maximum atomic E-state index is 13.1. The highest BCUT2D eigenvalue weighted by molar-refractivity contribution is 5.75. The highest BCUT2D eigenvalue weighted by Gasteiger charge is 2.44. The van der Waals surface area contributed by atoms with Crippen molar-refractivity contribution in [2.75, 3.05) is 13.1 Å². The van der Waals surface area contributed by atoms with E-state index in [1.54, 1.807) is 12.1 Å². The van der Waals surface area contributed by atoms with E-state index >= 15 is 0 Å². The third kappa shape index (κ3) is 3.32. The fraction of sp³-hybridized carbons (Fsp3) is 0.500. The van der Waals surface area contributed by atoms with Gasteiger partial charge in [-0.15, -0.1) is 0 Å². The first-order valence-electron chi connectivity index (χ1n) is 9.27. The van der Waals surface area contributed by atoms with Crippen LogP contribution in [0.2, 0.25) is 0 Å². The molecule has 1 aromatic carbocycles. The van der Waals surface area contributed by atoms with Crippen LogP contribution in [0.4, 0.5) is 9.18 Å². The van der Waals surface area contributed by atoms with Crippen LogP contribution in [0, 0.1) is 25.1 Å². The standard InChI is InChI=1S/C20H25FN4O/c1-14-11-15(2)25(23-14)13-20(8-9-20)12-22-19(26)24-10-7-18(24)16-3-5-17(21)6-4-16/h3-6,11,18H,7-10,12-13H2,1-2H3,(H,22,26)/t18-/m1/s1. The lowest BCUT2D eigenvalue weighted by molar-refractivity contribution is 0.113. The summed E-state index contributed by atoms with van der Waals surface area (Å²) in [6, 6.07) is 8.57. The summed E-state index contributed by atoms with van der Waals surface area (Å²) in [7, 11) is 0. The zero-order valence-corrected chi connectivity index (χ0v) is 15.3. The predicted octanol–water partition coefficient (Wildman–Crippen LogP) is 3.58. The summed E-state index contributed by atoms with van der Waals surface area (Å²) in [4.78, 5) is 14.4. The normalized spacial score (nSPS) is 20.6. The van der Waals surface area contributed by atoms with E-state index in [1.807, 2.05) is 11.8 Å². The second-order valence-electron chi connectivity index (χ2n) is 7.79. The number of benzene rings is 1. The highest BCUT2D eigenvalue weighted by Crippen LogP contribution is 2.46. The van der Waals surface area contributed by atoms with E-state index in [1.165, 1.54) is 17.8 Å². The Morgan fingerprint density at radius 1 is 1.31 bits per heavy atom. The molecule has 6 heteroatoms. The van der Waals surface area contributed by atoms with Crippen molar-refractivity contribution < 1.29 is 9.18 Å². The van der Waals surface area contributed by atoms with Gasteiger partial charge in [-0.25, -0.2) is 9.18 Å². The first kappa shape index (κ1) is 17.1. The van der Waals surface area contributed by atoms with Crippen LogP contribution in [-0.4, -0.2) is 33.8 Å². The molecule has 1 N–H and O–H groups in total. The Hall–Kier alpha value is -2.37. The van der Waals surface area contributed by atoms with Crippen LogP contribution in [-0.2, 0) is 6.54 Å². The molecule has 0 radical (unpaired) electrons. The molecule has 2 heterocycles. The molecule has 0 bridgehead atoms. The zero-order valence-electron chi connectivity index (χ0n) is 15.3. The minimum absolute atomic E-state index is 0.0229. The smallest absolute Gasteiger partial charge is 0.317 e. The van der Waals surface area contributed by atoms with Crippen molar-refractivity contribution in [1.82, 2.24) is 20.0 Å². The maximum Gasteiger partial charge on any atom is 0.317 e. The molecule has 4 rings (SSSR count). The Morgan fingerprint density at radius 3 is 2.58 bits per heavy atom. The Kier molecular flexibility index (Phi) is 4.21. The Bertz CT molecular complexity index is 810. The number of hydrogen-bond donors (Lipinski definition) is 1. The van der Waals surface area contributed by atoms with Crippen LogP contribution in [0.15, 0.2) is 30.3 Å². The van der Waals surface area contributed by atoms with Crippen molar-refractivity contribution in [2.45, 2.75) is 45.7 Å². The van der Waals surface area contributed by atoms with E-state index in [0.29, 0.717) is 6.54 Å². The molecule has 1 aromatic heterocycles. The molecular formula is C20H25FN4O. The van der Waals surface area contributed by atoms with Crippen LogP contribution < -0.4 is 5.32 Å². The molecule has 0 spiro atoms. The van der Waals surface area contributed by atoms with Gasteiger partial charge >= 0.3 is 6.03 Å². The molecule has 138 valence electrons. The largest absolute Gasteiger partial charge is 0.337 e. The number of carbonyl (C=O) groups excluding carboxylic acids is 1. The third-order valence-electron chi connectivity index (χ3n) is 5.70. The van der Waals surface area contributed by atoms with Gasteiger partial charge in [-0.3, -0.25) is 4.68 Å². The molecule has 1 saturated carbocycles. The molecule has 26 heavy (non-hydrogen) atoms. The summed E-state index contributed by atoms with van der Waals surface area (Å²) in [5, 5.41) is 7.66. The van der Waals surface area contributed by atoms with Crippen molar-refractivity contribution in [3.63, 3.8) is 0 Å². The van der Waals surface area contributed by atoms with Crippen molar-refractivity contribution in [2.24, 2.45) is 5.41 Å². The molecule has 0 unspecified atom stereocenters. The molecule has 1 aliphatic carbocycles. The summed E-state index contributed by atoms with van der Waals surface area (Å²) in [6.45, 7) is 6.36. The summed E-state index contributed by atoms with van der Waals surface area (Å²) >= 11 is 0. The minimum atomic E-state index is -0.246. The molecule has 2 amide bonds. The second-order valence-corrected chi connectivity index (χ2v) is 7.79. The van der Waals surface area contributed by atoms with Gasteiger partial charge in [0.2, 0.25) is 0 Å². The fourth-order valence-corrected chi connectivity index (χ4v) is 3.75. The highest BCUT2D eigenvalue weighted by atomic mass is 19.1. The number of likely N-dealkylation sites (tertiary alicyclic amines) is 1. The Balaban J connectivity index is 1.34. The van der Waals surface area contributed by atoms with Crippen LogP contribution in [0.3, 0.4) is 0 Å². The number of halogens is 1. The van der Waals surface area contributed by atoms with Crippen LogP contribution >= 0.6 is 0 Å². The van der Waals surface area contributed by atoms with Crippen molar-refractivity contribution in [3.05, 3.63) is 53.1 Å². The lowest BCUT2D eigenvalue weighted by Crippen LogP contribution is -2.51. The van der Waals surface area contributed by atoms with Crippen LogP contribution in [0.5, 0.6) is 0 Å².